The molecule has 1 aliphatic carbocycles. The molecule has 0 spiro atoms. The molecule has 1 N–H and O–H groups in total. The SMILES string of the molecule is Cc1cc(=O)n2[nH]c([C@H]3CCCCN3C(=O)[C@H]3C[C@@H]3C)cc2n1. The third-order valence-electron chi connectivity index (χ3n) is 5.17. The summed E-state index contributed by atoms with van der Waals surface area (Å²) in [6.07, 6.45) is 4.11. The van der Waals surface area contributed by atoms with Crippen molar-refractivity contribution in [1.29, 1.82) is 0 Å². The van der Waals surface area contributed by atoms with Crippen LogP contribution in [0.4, 0.5) is 0 Å². The zero-order chi connectivity index (χ0) is 16.1. The number of fused-ring (bicyclic) bond motifs is 1. The van der Waals surface area contributed by atoms with Crippen molar-refractivity contribution < 1.29 is 4.79 Å². The van der Waals surface area contributed by atoms with Crippen molar-refractivity contribution >= 4 is 11.6 Å². The minimum Gasteiger partial charge on any atom is -0.334 e. The van der Waals surface area contributed by atoms with Crippen LogP contribution in [0.15, 0.2) is 16.9 Å². The highest BCUT2D eigenvalue weighted by atomic mass is 16.2. The Labute approximate surface area is 134 Å². The monoisotopic (exact) mass is 314 g/mol. The second-order valence-corrected chi connectivity index (χ2v) is 7.00. The van der Waals surface area contributed by atoms with Gasteiger partial charge in [-0.15, -0.1) is 0 Å². The molecule has 6 heteroatoms. The Morgan fingerprint density at radius 3 is 2.87 bits per heavy atom. The number of carbonyl (C=O) groups excluding carboxylic acids is 1. The number of hydrogen-bond donors (Lipinski definition) is 1. The summed E-state index contributed by atoms with van der Waals surface area (Å²) >= 11 is 0. The number of H-pyrrole nitrogens is 1. The maximum atomic E-state index is 12.7. The molecular weight excluding hydrogens is 292 g/mol. The zero-order valence-corrected chi connectivity index (χ0v) is 13.6. The Balaban J connectivity index is 1.70. The number of rotatable bonds is 2. The van der Waals surface area contributed by atoms with Crippen LogP contribution in [0.1, 0.15) is 50.0 Å². The van der Waals surface area contributed by atoms with E-state index in [9.17, 15) is 9.59 Å². The molecule has 1 aliphatic heterocycles. The van der Waals surface area contributed by atoms with Crippen molar-refractivity contribution in [2.75, 3.05) is 6.54 Å². The van der Waals surface area contributed by atoms with Gasteiger partial charge in [-0.2, -0.15) is 0 Å². The summed E-state index contributed by atoms with van der Waals surface area (Å²) in [7, 11) is 0. The lowest BCUT2D eigenvalue weighted by Crippen LogP contribution is -2.39. The highest BCUT2D eigenvalue weighted by Gasteiger charge is 2.44. The van der Waals surface area contributed by atoms with E-state index in [-0.39, 0.29) is 23.4 Å². The molecule has 0 unspecified atom stereocenters. The van der Waals surface area contributed by atoms with E-state index in [0.717, 1.165) is 37.9 Å². The van der Waals surface area contributed by atoms with E-state index in [2.05, 4.69) is 17.0 Å². The number of aromatic amines is 1. The molecule has 23 heavy (non-hydrogen) atoms. The van der Waals surface area contributed by atoms with E-state index >= 15 is 0 Å². The zero-order valence-electron chi connectivity index (χ0n) is 13.6. The molecule has 122 valence electrons. The Morgan fingerprint density at radius 2 is 2.13 bits per heavy atom. The molecular formula is C17H22N4O2. The van der Waals surface area contributed by atoms with Gasteiger partial charge < -0.3 is 4.90 Å². The summed E-state index contributed by atoms with van der Waals surface area (Å²) in [5.41, 5.74) is 2.15. The number of amides is 1. The highest BCUT2D eigenvalue weighted by molar-refractivity contribution is 5.82. The molecule has 1 saturated carbocycles. The third-order valence-corrected chi connectivity index (χ3v) is 5.17. The van der Waals surface area contributed by atoms with Crippen LogP contribution in [0.25, 0.3) is 5.65 Å². The fourth-order valence-corrected chi connectivity index (χ4v) is 3.70. The molecule has 4 rings (SSSR count). The van der Waals surface area contributed by atoms with Gasteiger partial charge >= 0.3 is 0 Å². The van der Waals surface area contributed by atoms with Crippen LogP contribution < -0.4 is 5.56 Å². The topological polar surface area (TPSA) is 70.5 Å². The van der Waals surface area contributed by atoms with E-state index in [4.69, 9.17) is 0 Å². The second-order valence-electron chi connectivity index (χ2n) is 7.00. The molecule has 1 saturated heterocycles. The Hall–Kier alpha value is -2.11. The van der Waals surface area contributed by atoms with E-state index in [1.807, 2.05) is 17.9 Å². The van der Waals surface area contributed by atoms with Crippen LogP contribution in [0.5, 0.6) is 0 Å². The maximum Gasteiger partial charge on any atom is 0.272 e. The summed E-state index contributed by atoms with van der Waals surface area (Å²) < 4.78 is 1.47. The lowest BCUT2D eigenvalue weighted by Gasteiger charge is -2.35. The molecule has 6 nitrogen and oxygen atoms in total. The highest BCUT2D eigenvalue weighted by Crippen LogP contribution is 2.42. The van der Waals surface area contributed by atoms with Gasteiger partial charge in [-0.3, -0.25) is 14.7 Å². The summed E-state index contributed by atoms with van der Waals surface area (Å²) in [6.45, 7) is 4.76. The molecule has 2 aliphatic rings. The summed E-state index contributed by atoms with van der Waals surface area (Å²) in [5.74, 6) is 0.986. The molecule has 0 bridgehead atoms. The molecule has 0 aromatic carbocycles. The van der Waals surface area contributed by atoms with Gasteiger partial charge in [0.1, 0.15) is 0 Å². The first-order valence-electron chi connectivity index (χ1n) is 8.44. The lowest BCUT2D eigenvalue weighted by molar-refractivity contribution is -0.136. The first-order chi connectivity index (χ1) is 11.0. The minimum atomic E-state index is -0.108. The molecule has 1 amide bonds. The number of aromatic nitrogens is 3. The molecule has 2 aromatic rings. The Kier molecular flexibility index (Phi) is 3.28. The smallest absolute Gasteiger partial charge is 0.272 e. The van der Waals surface area contributed by atoms with Crippen LogP contribution in [0.3, 0.4) is 0 Å². The number of piperidine rings is 1. The number of carbonyl (C=O) groups is 1. The molecule has 2 aromatic heterocycles. The molecule has 3 atom stereocenters. The van der Waals surface area contributed by atoms with Gasteiger partial charge in [0.2, 0.25) is 5.91 Å². The predicted octanol–water partition coefficient (Wildman–Crippen LogP) is 2.04. The number of nitrogens with zero attached hydrogens (tertiary/aromatic N) is 3. The van der Waals surface area contributed by atoms with Crippen LogP contribution >= 0.6 is 0 Å². The van der Waals surface area contributed by atoms with E-state index < -0.39 is 0 Å². The first kappa shape index (κ1) is 14.5. The number of nitrogens with one attached hydrogen (secondary N) is 1. The van der Waals surface area contributed by atoms with Gasteiger partial charge in [-0.25, -0.2) is 9.50 Å². The maximum absolute atomic E-state index is 12.7. The van der Waals surface area contributed by atoms with Gasteiger partial charge in [-0.05, 0) is 38.5 Å². The molecule has 2 fully saturated rings. The fourth-order valence-electron chi connectivity index (χ4n) is 3.70. The summed E-state index contributed by atoms with van der Waals surface area (Å²) in [4.78, 5) is 31.2. The van der Waals surface area contributed by atoms with Gasteiger partial charge in [-0.1, -0.05) is 6.92 Å². The minimum absolute atomic E-state index is 0.0328. The van der Waals surface area contributed by atoms with Gasteiger partial charge in [0.15, 0.2) is 5.65 Å². The first-order valence-corrected chi connectivity index (χ1v) is 8.44. The fraction of sp³-hybridized carbons (Fsp3) is 0.588. The van der Waals surface area contributed by atoms with Crippen molar-refractivity contribution in [3.05, 3.63) is 33.9 Å². The van der Waals surface area contributed by atoms with Crippen molar-refractivity contribution in [3.63, 3.8) is 0 Å². The largest absolute Gasteiger partial charge is 0.334 e. The van der Waals surface area contributed by atoms with Crippen molar-refractivity contribution in [2.45, 2.75) is 45.6 Å². The molecule has 0 radical (unpaired) electrons. The average molecular weight is 314 g/mol. The number of hydrogen-bond acceptors (Lipinski definition) is 3. The van der Waals surface area contributed by atoms with Crippen molar-refractivity contribution in [3.8, 4) is 0 Å². The quantitative estimate of drug-likeness (QED) is 0.922. The third kappa shape index (κ3) is 2.46. The van der Waals surface area contributed by atoms with Crippen LogP contribution in [-0.4, -0.2) is 31.9 Å². The summed E-state index contributed by atoms with van der Waals surface area (Å²) in [5, 5.41) is 3.16. The average Bonchev–Trinajstić information content (AvgIpc) is 3.09. The predicted molar refractivity (Wildman–Crippen MR) is 86.1 cm³/mol. The van der Waals surface area contributed by atoms with Crippen LogP contribution in [0.2, 0.25) is 0 Å². The van der Waals surface area contributed by atoms with E-state index in [1.54, 1.807) is 0 Å². The Morgan fingerprint density at radius 1 is 1.35 bits per heavy atom. The van der Waals surface area contributed by atoms with Gasteiger partial charge in [0, 0.05) is 30.3 Å². The van der Waals surface area contributed by atoms with E-state index in [0.29, 0.717) is 17.3 Å². The van der Waals surface area contributed by atoms with Gasteiger partial charge in [0.25, 0.3) is 5.56 Å². The van der Waals surface area contributed by atoms with Crippen LogP contribution in [0, 0.1) is 18.8 Å². The van der Waals surface area contributed by atoms with E-state index in [1.165, 1.54) is 10.6 Å². The lowest BCUT2D eigenvalue weighted by atomic mass is 9.98. The standard InChI is InChI=1S/C17H22N4O2/c1-10-7-12(10)17(23)20-6-4-3-5-14(20)13-9-15-18-11(2)8-16(22)21(15)19-13/h8-10,12,14,19H,3-7H2,1-2H3/t10-,12-,14+/m0/s1. The second kappa shape index (κ2) is 5.22. The van der Waals surface area contributed by atoms with Crippen molar-refractivity contribution in [1.82, 2.24) is 19.5 Å². The van der Waals surface area contributed by atoms with Crippen LogP contribution in [-0.2, 0) is 4.79 Å². The molecule has 3 heterocycles. The number of likely N-dealkylation sites (tertiary alicyclic amines) is 1. The summed E-state index contributed by atoms with van der Waals surface area (Å²) in [6, 6.07) is 3.47. The van der Waals surface area contributed by atoms with Crippen molar-refractivity contribution in [2.24, 2.45) is 11.8 Å². The Bertz CT molecular complexity index is 822. The number of aryl methyl sites for hydroxylation is 1. The normalized spacial score (nSPS) is 27.4. The van der Waals surface area contributed by atoms with Gasteiger partial charge in [0.05, 0.1) is 11.7 Å².